The number of carbonyl (C=O) groups is 1. The number of aromatic nitrogens is 3. The summed E-state index contributed by atoms with van der Waals surface area (Å²) in [5.74, 6) is 0.588. The van der Waals surface area contributed by atoms with Gasteiger partial charge in [0.2, 0.25) is 0 Å². The fourth-order valence-corrected chi connectivity index (χ4v) is 3.21. The molecule has 0 aliphatic carbocycles. The van der Waals surface area contributed by atoms with Crippen LogP contribution in [0, 0.1) is 6.92 Å². The minimum Gasteiger partial charge on any atom is -0.494 e. The van der Waals surface area contributed by atoms with Gasteiger partial charge in [-0.1, -0.05) is 26.0 Å². The molecule has 0 fully saturated rings. The second-order valence-corrected chi connectivity index (χ2v) is 7.69. The van der Waals surface area contributed by atoms with Gasteiger partial charge in [0, 0.05) is 12.7 Å². The molecule has 1 aromatic carbocycles. The fourth-order valence-electron chi connectivity index (χ4n) is 3.21. The third-order valence-electron chi connectivity index (χ3n) is 4.76. The monoisotopic (exact) mass is 446 g/mol. The second-order valence-electron chi connectivity index (χ2n) is 7.69. The summed E-state index contributed by atoms with van der Waals surface area (Å²) in [7, 11) is 0. The summed E-state index contributed by atoms with van der Waals surface area (Å²) in [6.07, 6.45) is -1.68. The lowest BCUT2D eigenvalue weighted by Crippen LogP contribution is -2.26. The van der Waals surface area contributed by atoms with E-state index in [0.29, 0.717) is 30.8 Å². The topological polar surface area (TPSA) is 69.0 Å². The summed E-state index contributed by atoms with van der Waals surface area (Å²) in [4.78, 5) is 16.6. The predicted octanol–water partition coefficient (Wildman–Crippen LogP) is 4.92. The van der Waals surface area contributed by atoms with Gasteiger partial charge in [-0.25, -0.2) is 9.67 Å². The lowest BCUT2D eigenvalue weighted by molar-refractivity contribution is -0.137. The Hall–Kier alpha value is -3.36. The maximum Gasteiger partial charge on any atom is 0.417 e. The number of halogens is 3. The number of hydrogen-bond acceptors (Lipinski definition) is 4. The van der Waals surface area contributed by atoms with Gasteiger partial charge in [0.25, 0.3) is 5.91 Å². The van der Waals surface area contributed by atoms with Crippen molar-refractivity contribution in [1.82, 2.24) is 20.1 Å². The molecule has 1 amide bonds. The molecule has 0 saturated heterocycles. The average molecular weight is 446 g/mol. The zero-order chi connectivity index (χ0) is 23.3. The summed E-state index contributed by atoms with van der Waals surface area (Å²) >= 11 is 0. The number of alkyl halides is 3. The van der Waals surface area contributed by atoms with Gasteiger partial charge < -0.3 is 10.1 Å². The third kappa shape index (κ3) is 5.66. The summed E-state index contributed by atoms with van der Waals surface area (Å²) < 4.78 is 45.5. The van der Waals surface area contributed by atoms with Gasteiger partial charge in [-0.2, -0.15) is 18.3 Å². The molecular formula is C23H25F3N4O2. The summed E-state index contributed by atoms with van der Waals surface area (Å²) in [6, 6.07) is 9.91. The normalized spacial score (nSPS) is 11.6. The molecule has 170 valence electrons. The van der Waals surface area contributed by atoms with Crippen LogP contribution in [0.2, 0.25) is 0 Å². The van der Waals surface area contributed by atoms with Gasteiger partial charge in [0.05, 0.1) is 29.6 Å². The Morgan fingerprint density at radius 3 is 2.59 bits per heavy atom. The van der Waals surface area contributed by atoms with E-state index < -0.39 is 11.7 Å². The number of aryl methyl sites for hydroxylation is 1. The van der Waals surface area contributed by atoms with Crippen LogP contribution in [0.25, 0.3) is 5.82 Å². The van der Waals surface area contributed by atoms with Crippen LogP contribution in [0.3, 0.4) is 0 Å². The molecule has 2 heterocycles. The molecule has 0 unspecified atom stereocenters. The van der Waals surface area contributed by atoms with E-state index >= 15 is 0 Å². The number of benzene rings is 1. The van der Waals surface area contributed by atoms with Crippen molar-refractivity contribution in [1.29, 1.82) is 0 Å². The van der Waals surface area contributed by atoms with Crippen molar-refractivity contribution in [2.24, 2.45) is 0 Å². The highest BCUT2D eigenvalue weighted by atomic mass is 19.4. The molecule has 6 nitrogen and oxygen atoms in total. The maximum atomic E-state index is 12.8. The van der Waals surface area contributed by atoms with Crippen molar-refractivity contribution in [3.8, 4) is 11.6 Å². The Morgan fingerprint density at radius 1 is 1.19 bits per heavy atom. The SMILES string of the molecule is Cc1cccc(OCCCNC(=O)c2cnn(-c3ccc(C(F)(F)F)cn3)c2C(C)C)c1. The predicted molar refractivity (Wildman–Crippen MR) is 114 cm³/mol. The largest absolute Gasteiger partial charge is 0.494 e. The maximum absolute atomic E-state index is 12.8. The molecule has 0 aliphatic rings. The van der Waals surface area contributed by atoms with Gasteiger partial charge in [0.1, 0.15) is 5.75 Å². The molecule has 1 N–H and O–H groups in total. The molecule has 32 heavy (non-hydrogen) atoms. The highest BCUT2D eigenvalue weighted by molar-refractivity contribution is 5.95. The molecule has 2 aromatic heterocycles. The number of pyridine rings is 1. The highest BCUT2D eigenvalue weighted by Gasteiger charge is 2.31. The molecule has 0 radical (unpaired) electrons. The summed E-state index contributed by atoms with van der Waals surface area (Å²) in [5, 5.41) is 7.04. The van der Waals surface area contributed by atoms with Crippen LogP contribution in [-0.4, -0.2) is 33.8 Å². The fraction of sp³-hybridized carbons (Fsp3) is 0.348. The van der Waals surface area contributed by atoms with Gasteiger partial charge in [-0.05, 0) is 49.1 Å². The van der Waals surface area contributed by atoms with E-state index in [1.165, 1.54) is 16.9 Å². The first-order chi connectivity index (χ1) is 15.2. The number of rotatable bonds is 8. The Kier molecular flexibility index (Phi) is 7.17. The first-order valence-corrected chi connectivity index (χ1v) is 10.3. The number of hydrogen-bond donors (Lipinski definition) is 1. The van der Waals surface area contributed by atoms with E-state index in [-0.39, 0.29) is 17.6 Å². The Morgan fingerprint density at radius 2 is 1.97 bits per heavy atom. The van der Waals surface area contributed by atoms with Gasteiger partial charge in [0.15, 0.2) is 5.82 Å². The number of amides is 1. The number of carbonyl (C=O) groups excluding carboxylic acids is 1. The van der Waals surface area contributed by atoms with E-state index in [0.717, 1.165) is 23.6 Å². The zero-order valence-electron chi connectivity index (χ0n) is 18.1. The molecule has 0 spiro atoms. The molecule has 3 rings (SSSR count). The minimum atomic E-state index is -4.47. The van der Waals surface area contributed by atoms with Crippen LogP contribution in [0.5, 0.6) is 5.75 Å². The average Bonchev–Trinajstić information content (AvgIpc) is 3.18. The molecule has 0 aliphatic heterocycles. The van der Waals surface area contributed by atoms with Crippen molar-refractivity contribution in [3.63, 3.8) is 0 Å². The van der Waals surface area contributed by atoms with Crippen LogP contribution in [0.15, 0.2) is 48.8 Å². The van der Waals surface area contributed by atoms with E-state index in [9.17, 15) is 18.0 Å². The number of ether oxygens (including phenoxy) is 1. The van der Waals surface area contributed by atoms with Crippen LogP contribution in [0.4, 0.5) is 13.2 Å². The Bertz CT molecular complexity index is 1060. The first-order valence-electron chi connectivity index (χ1n) is 10.3. The van der Waals surface area contributed by atoms with Crippen LogP contribution < -0.4 is 10.1 Å². The molecule has 0 atom stereocenters. The Labute approximate surface area is 184 Å². The van der Waals surface area contributed by atoms with Crippen molar-refractivity contribution in [3.05, 3.63) is 71.2 Å². The second kappa shape index (κ2) is 9.84. The van der Waals surface area contributed by atoms with Crippen molar-refractivity contribution < 1.29 is 22.7 Å². The van der Waals surface area contributed by atoms with E-state index in [2.05, 4.69) is 15.4 Å². The molecule has 0 saturated carbocycles. The van der Waals surface area contributed by atoms with E-state index in [1.807, 2.05) is 45.0 Å². The lowest BCUT2D eigenvalue weighted by atomic mass is 10.1. The van der Waals surface area contributed by atoms with Crippen LogP contribution in [-0.2, 0) is 6.18 Å². The standard InChI is InChI=1S/C23H25F3N4O2/c1-15(2)21-19(14-29-30(21)20-9-8-17(13-28-20)23(24,25)26)22(31)27-10-5-11-32-18-7-4-6-16(3)12-18/h4,6-9,12-15H,5,10-11H2,1-3H3,(H,27,31). The van der Waals surface area contributed by atoms with E-state index in [1.54, 1.807) is 0 Å². The summed E-state index contributed by atoms with van der Waals surface area (Å²) in [6.45, 7) is 6.61. The minimum absolute atomic E-state index is 0.105. The molecular weight excluding hydrogens is 421 g/mol. The quantitative estimate of drug-likeness (QED) is 0.499. The van der Waals surface area contributed by atoms with Crippen molar-refractivity contribution in [2.45, 2.75) is 39.3 Å². The smallest absolute Gasteiger partial charge is 0.417 e. The number of nitrogens with zero attached hydrogens (tertiary/aromatic N) is 3. The van der Waals surface area contributed by atoms with Crippen LogP contribution in [0.1, 0.15) is 53.4 Å². The molecule has 3 aromatic rings. The van der Waals surface area contributed by atoms with Crippen molar-refractivity contribution >= 4 is 5.91 Å². The van der Waals surface area contributed by atoms with Crippen molar-refractivity contribution in [2.75, 3.05) is 13.2 Å². The summed E-state index contributed by atoms with van der Waals surface area (Å²) in [5.41, 5.74) is 1.20. The zero-order valence-corrected chi connectivity index (χ0v) is 18.1. The first kappa shape index (κ1) is 23.3. The molecule has 0 bridgehead atoms. The van der Waals surface area contributed by atoms with Gasteiger partial charge >= 0.3 is 6.18 Å². The lowest BCUT2D eigenvalue weighted by Gasteiger charge is -2.13. The molecule has 9 heteroatoms. The third-order valence-corrected chi connectivity index (χ3v) is 4.76. The van der Waals surface area contributed by atoms with Gasteiger partial charge in [-0.15, -0.1) is 0 Å². The van der Waals surface area contributed by atoms with Gasteiger partial charge in [-0.3, -0.25) is 4.79 Å². The highest BCUT2D eigenvalue weighted by Crippen LogP contribution is 2.29. The Balaban J connectivity index is 1.63. The number of nitrogens with one attached hydrogen (secondary N) is 1. The van der Waals surface area contributed by atoms with Crippen LogP contribution >= 0.6 is 0 Å². The van der Waals surface area contributed by atoms with E-state index in [4.69, 9.17) is 4.74 Å².